The lowest BCUT2D eigenvalue weighted by Crippen LogP contribution is -2.23. The Morgan fingerprint density at radius 1 is 0.400 bits per heavy atom. The topological polar surface area (TPSA) is 30.5 Å². The Labute approximate surface area is 283 Å². The van der Waals surface area contributed by atoms with Crippen LogP contribution >= 0.6 is 0 Å². The Morgan fingerprint density at radius 3 is 1.02 bits per heavy atom. The highest BCUT2D eigenvalue weighted by molar-refractivity contribution is 4.82. The average Bonchev–Trinajstić information content (AvgIpc) is 3.50. The maximum Gasteiger partial charge on any atom is 0.0510 e. The van der Waals surface area contributed by atoms with Crippen molar-refractivity contribution in [1.29, 1.82) is 0 Å². The number of hydrogen-bond acceptors (Lipinski definition) is 3. The number of allylic oxidation sites excluding steroid dienone is 4. The summed E-state index contributed by atoms with van der Waals surface area (Å²) in [6, 6.07) is 0. The van der Waals surface area contributed by atoms with Gasteiger partial charge in [-0.2, -0.15) is 0 Å². The first kappa shape index (κ1) is 42.4. The van der Waals surface area contributed by atoms with Crippen molar-refractivity contribution >= 4 is 0 Å². The minimum Gasteiger partial charge on any atom is -0.381 e. The fraction of sp³-hybridized carbons (Fsp3) is 0.905. The van der Waals surface area contributed by atoms with E-state index in [1.165, 1.54) is 180 Å². The van der Waals surface area contributed by atoms with Crippen LogP contribution in [-0.4, -0.2) is 39.5 Å². The average molecular weight is 632 g/mol. The first-order valence-corrected chi connectivity index (χ1v) is 20.5. The fourth-order valence-electron chi connectivity index (χ4n) is 6.55. The predicted octanol–water partition coefficient (Wildman–Crippen LogP) is 12.9. The molecule has 0 aromatic carbocycles. The van der Waals surface area contributed by atoms with Crippen molar-refractivity contribution in [3.8, 4) is 0 Å². The third kappa shape index (κ3) is 30.4. The molecule has 0 saturated carbocycles. The molecule has 0 spiro atoms. The van der Waals surface area contributed by atoms with E-state index in [0.29, 0.717) is 11.8 Å². The van der Waals surface area contributed by atoms with E-state index in [0.717, 1.165) is 39.5 Å². The van der Waals surface area contributed by atoms with Gasteiger partial charge >= 0.3 is 0 Å². The van der Waals surface area contributed by atoms with Gasteiger partial charge in [0.1, 0.15) is 0 Å². The van der Waals surface area contributed by atoms with E-state index in [1.807, 2.05) is 0 Å². The van der Waals surface area contributed by atoms with Gasteiger partial charge in [0, 0.05) is 38.1 Å². The highest BCUT2D eigenvalue weighted by Gasteiger charge is 2.27. The van der Waals surface area contributed by atoms with E-state index in [4.69, 9.17) is 9.47 Å². The van der Waals surface area contributed by atoms with Crippen LogP contribution in [0, 0.1) is 11.8 Å². The third-order valence-electron chi connectivity index (χ3n) is 9.74. The van der Waals surface area contributed by atoms with Gasteiger partial charge in [-0.15, -0.1) is 0 Å². The Bertz CT molecular complexity index is 566. The maximum atomic E-state index is 6.10. The largest absolute Gasteiger partial charge is 0.381 e. The summed E-state index contributed by atoms with van der Waals surface area (Å²) in [6.07, 6.45) is 47.7. The summed E-state index contributed by atoms with van der Waals surface area (Å²) in [5.74, 6) is 1.25. The number of nitrogens with one attached hydrogen (secondary N) is 1. The Balaban J connectivity index is 1.80. The molecule has 45 heavy (non-hydrogen) atoms. The summed E-state index contributed by atoms with van der Waals surface area (Å²) in [5, 5.41) is 3.57. The summed E-state index contributed by atoms with van der Waals surface area (Å²) in [5.41, 5.74) is 0. The Morgan fingerprint density at radius 2 is 0.689 bits per heavy atom. The van der Waals surface area contributed by atoms with Crippen molar-refractivity contribution in [2.24, 2.45) is 11.8 Å². The predicted molar refractivity (Wildman–Crippen MR) is 200 cm³/mol. The van der Waals surface area contributed by atoms with Crippen molar-refractivity contribution in [3.63, 3.8) is 0 Å². The minimum atomic E-state index is 0.624. The molecule has 1 N–H and O–H groups in total. The van der Waals surface area contributed by atoms with E-state index >= 15 is 0 Å². The lowest BCUT2D eigenvalue weighted by atomic mass is 9.98. The molecule has 2 unspecified atom stereocenters. The van der Waals surface area contributed by atoms with E-state index in [9.17, 15) is 0 Å². The van der Waals surface area contributed by atoms with Gasteiger partial charge in [0.15, 0.2) is 0 Å². The molecule has 1 saturated heterocycles. The molecule has 0 radical (unpaired) electrons. The summed E-state index contributed by atoms with van der Waals surface area (Å²) in [4.78, 5) is 0. The van der Waals surface area contributed by atoms with Crippen molar-refractivity contribution in [2.75, 3.05) is 39.5 Å². The molecular formula is C42H81NO2. The number of rotatable bonds is 36. The number of ether oxygens (including phenoxy) is 2. The molecule has 1 fully saturated rings. The van der Waals surface area contributed by atoms with Gasteiger partial charge < -0.3 is 14.8 Å². The molecule has 0 amide bonds. The van der Waals surface area contributed by atoms with Crippen LogP contribution in [0.1, 0.15) is 194 Å². The Hall–Kier alpha value is -0.640. The molecule has 1 rings (SSSR count). The molecular weight excluding hydrogens is 550 g/mol. The molecule has 266 valence electrons. The molecule has 0 bridgehead atoms. The van der Waals surface area contributed by atoms with Crippen molar-refractivity contribution in [1.82, 2.24) is 5.32 Å². The standard InChI is InChI=1S/C42H81NO2/c1-3-5-7-9-11-13-15-17-19-21-23-25-27-29-31-33-35-44-39-41-37-43-38-42(41)40-45-36-34-32-30-28-26-24-22-20-18-16-14-12-10-8-6-4-2/h17-20,41-43H,3-16,21-40H2,1-2H3. The molecule has 0 aromatic rings. The van der Waals surface area contributed by atoms with E-state index in [2.05, 4.69) is 43.5 Å². The molecule has 3 heteroatoms. The number of hydrogen-bond donors (Lipinski definition) is 1. The molecule has 3 nitrogen and oxygen atoms in total. The zero-order valence-corrected chi connectivity index (χ0v) is 30.8. The van der Waals surface area contributed by atoms with Gasteiger partial charge in [0.05, 0.1) is 13.2 Å². The molecule has 0 aromatic heterocycles. The Kier molecular flexibility index (Phi) is 34.1. The molecule has 0 aliphatic carbocycles. The second kappa shape index (κ2) is 36.2. The SMILES string of the molecule is CCCCCCCCC=CCCCCCCCCOCC1CNCC1COCCCCCCCCC=CCCCCCCCC. The van der Waals surface area contributed by atoms with Gasteiger partial charge in [-0.25, -0.2) is 0 Å². The van der Waals surface area contributed by atoms with Crippen molar-refractivity contribution < 1.29 is 9.47 Å². The van der Waals surface area contributed by atoms with Gasteiger partial charge in [-0.1, -0.05) is 154 Å². The number of unbranched alkanes of at least 4 members (excludes halogenated alkanes) is 24. The highest BCUT2D eigenvalue weighted by atomic mass is 16.5. The van der Waals surface area contributed by atoms with Crippen LogP contribution in [0.15, 0.2) is 24.3 Å². The van der Waals surface area contributed by atoms with Gasteiger partial charge in [-0.3, -0.25) is 0 Å². The first-order valence-electron chi connectivity index (χ1n) is 20.5. The summed E-state index contributed by atoms with van der Waals surface area (Å²) < 4.78 is 12.2. The summed E-state index contributed by atoms with van der Waals surface area (Å²) in [6.45, 7) is 10.4. The molecule has 2 atom stereocenters. The quantitative estimate of drug-likeness (QED) is 0.0551. The summed E-state index contributed by atoms with van der Waals surface area (Å²) >= 11 is 0. The third-order valence-corrected chi connectivity index (χ3v) is 9.74. The second-order valence-electron chi connectivity index (χ2n) is 14.2. The van der Waals surface area contributed by atoms with E-state index in [1.54, 1.807) is 0 Å². The molecule has 1 aliphatic heterocycles. The van der Waals surface area contributed by atoms with Crippen LogP contribution in [0.4, 0.5) is 0 Å². The van der Waals surface area contributed by atoms with Crippen LogP contribution in [0.3, 0.4) is 0 Å². The van der Waals surface area contributed by atoms with E-state index in [-0.39, 0.29) is 0 Å². The molecule has 1 heterocycles. The normalized spacial score (nSPS) is 17.0. The smallest absolute Gasteiger partial charge is 0.0510 e. The van der Waals surface area contributed by atoms with Crippen LogP contribution in [0.5, 0.6) is 0 Å². The van der Waals surface area contributed by atoms with Crippen molar-refractivity contribution in [2.45, 2.75) is 194 Å². The van der Waals surface area contributed by atoms with Gasteiger partial charge in [-0.05, 0) is 64.2 Å². The van der Waals surface area contributed by atoms with Gasteiger partial charge in [0.25, 0.3) is 0 Å². The van der Waals surface area contributed by atoms with Crippen LogP contribution < -0.4 is 5.32 Å². The second-order valence-corrected chi connectivity index (χ2v) is 14.2. The van der Waals surface area contributed by atoms with Crippen LogP contribution in [-0.2, 0) is 9.47 Å². The zero-order chi connectivity index (χ0) is 32.1. The van der Waals surface area contributed by atoms with Crippen LogP contribution in [0.2, 0.25) is 0 Å². The lowest BCUT2D eigenvalue weighted by Gasteiger charge is -2.18. The van der Waals surface area contributed by atoms with E-state index < -0.39 is 0 Å². The minimum absolute atomic E-state index is 0.624. The maximum absolute atomic E-state index is 6.10. The lowest BCUT2D eigenvalue weighted by molar-refractivity contribution is 0.0482. The zero-order valence-electron chi connectivity index (χ0n) is 30.8. The monoisotopic (exact) mass is 632 g/mol. The highest BCUT2D eigenvalue weighted by Crippen LogP contribution is 2.19. The van der Waals surface area contributed by atoms with Gasteiger partial charge in [0.2, 0.25) is 0 Å². The van der Waals surface area contributed by atoms with Crippen LogP contribution in [0.25, 0.3) is 0 Å². The first-order chi connectivity index (χ1) is 22.4. The summed E-state index contributed by atoms with van der Waals surface area (Å²) in [7, 11) is 0. The molecule has 1 aliphatic rings. The fourth-order valence-corrected chi connectivity index (χ4v) is 6.55. The van der Waals surface area contributed by atoms with Crippen molar-refractivity contribution in [3.05, 3.63) is 24.3 Å².